The number of rotatable bonds is 6. The van der Waals surface area contributed by atoms with Crippen LogP contribution in [-0.2, 0) is 11.3 Å². The smallest absolute Gasteiger partial charge is 0.251 e. The standard InChI is InChI=1S/C21H22N2O2/c1-15-2-4-17(5-3-15)14-22-20(24)13-8-16-6-9-18(10-7-16)21(25)23-19-11-12-19/h2-10,13,19H,11-12,14H2,1H3,(H,22,24)(H,23,25)/b13-8+. The topological polar surface area (TPSA) is 58.2 Å². The second-order valence-corrected chi connectivity index (χ2v) is 6.41. The zero-order valence-electron chi connectivity index (χ0n) is 14.3. The lowest BCUT2D eigenvalue weighted by Gasteiger charge is -2.04. The highest BCUT2D eigenvalue weighted by Gasteiger charge is 2.23. The Morgan fingerprint density at radius 3 is 2.36 bits per heavy atom. The van der Waals surface area contributed by atoms with E-state index in [4.69, 9.17) is 0 Å². The Kier molecular flexibility index (Phi) is 5.29. The van der Waals surface area contributed by atoms with E-state index < -0.39 is 0 Å². The van der Waals surface area contributed by atoms with Crippen molar-refractivity contribution in [1.29, 1.82) is 0 Å². The van der Waals surface area contributed by atoms with Gasteiger partial charge in [0.05, 0.1) is 0 Å². The number of aryl methyl sites for hydroxylation is 1. The molecule has 128 valence electrons. The van der Waals surface area contributed by atoms with E-state index in [0.717, 1.165) is 24.0 Å². The highest BCUT2D eigenvalue weighted by Crippen LogP contribution is 2.19. The molecule has 0 saturated heterocycles. The van der Waals surface area contributed by atoms with Crippen molar-refractivity contribution in [3.63, 3.8) is 0 Å². The van der Waals surface area contributed by atoms with Crippen molar-refractivity contribution in [2.24, 2.45) is 0 Å². The molecule has 3 rings (SSSR count). The van der Waals surface area contributed by atoms with Gasteiger partial charge >= 0.3 is 0 Å². The zero-order chi connectivity index (χ0) is 17.6. The number of hydrogen-bond donors (Lipinski definition) is 2. The molecule has 25 heavy (non-hydrogen) atoms. The van der Waals surface area contributed by atoms with Gasteiger partial charge in [0.1, 0.15) is 0 Å². The van der Waals surface area contributed by atoms with Crippen LogP contribution in [0.1, 0.15) is 39.9 Å². The van der Waals surface area contributed by atoms with Crippen LogP contribution in [-0.4, -0.2) is 17.9 Å². The summed E-state index contributed by atoms with van der Waals surface area (Å²) in [7, 11) is 0. The maximum atomic E-state index is 11.9. The molecule has 4 nitrogen and oxygen atoms in total. The summed E-state index contributed by atoms with van der Waals surface area (Å²) in [5, 5.41) is 5.81. The largest absolute Gasteiger partial charge is 0.349 e. The number of hydrogen-bond acceptors (Lipinski definition) is 2. The summed E-state index contributed by atoms with van der Waals surface area (Å²) >= 11 is 0. The van der Waals surface area contributed by atoms with E-state index in [9.17, 15) is 9.59 Å². The predicted octanol–water partition coefficient (Wildman–Crippen LogP) is 3.22. The minimum Gasteiger partial charge on any atom is -0.349 e. The molecular weight excluding hydrogens is 312 g/mol. The fourth-order valence-corrected chi connectivity index (χ4v) is 2.37. The molecule has 2 amide bonds. The maximum absolute atomic E-state index is 11.9. The van der Waals surface area contributed by atoms with Crippen LogP contribution in [0.4, 0.5) is 0 Å². The van der Waals surface area contributed by atoms with Crippen molar-refractivity contribution < 1.29 is 9.59 Å². The molecular formula is C21H22N2O2. The molecule has 4 heteroatoms. The van der Waals surface area contributed by atoms with Crippen LogP contribution in [0.3, 0.4) is 0 Å². The summed E-state index contributed by atoms with van der Waals surface area (Å²) in [6.07, 6.45) is 5.40. The molecule has 1 aliphatic carbocycles. The Labute approximate surface area is 148 Å². The average Bonchev–Trinajstić information content (AvgIpc) is 3.44. The van der Waals surface area contributed by atoms with Crippen molar-refractivity contribution in [3.8, 4) is 0 Å². The third kappa shape index (κ3) is 5.31. The molecule has 0 unspecified atom stereocenters. The van der Waals surface area contributed by atoms with Crippen molar-refractivity contribution in [1.82, 2.24) is 10.6 Å². The van der Waals surface area contributed by atoms with Gasteiger partial charge in [-0.05, 0) is 49.1 Å². The van der Waals surface area contributed by atoms with Crippen LogP contribution >= 0.6 is 0 Å². The van der Waals surface area contributed by atoms with E-state index in [1.807, 2.05) is 43.3 Å². The van der Waals surface area contributed by atoms with Gasteiger partial charge in [-0.2, -0.15) is 0 Å². The number of amides is 2. The maximum Gasteiger partial charge on any atom is 0.251 e. The fraction of sp³-hybridized carbons (Fsp3) is 0.238. The van der Waals surface area contributed by atoms with Crippen LogP contribution in [0.25, 0.3) is 6.08 Å². The molecule has 2 N–H and O–H groups in total. The third-order valence-corrected chi connectivity index (χ3v) is 4.10. The van der Waals surface area contributed by atoms with Gasteiger partial charge in [0.2, 0.25) is 5.91 Å². The number of nitrogens with one attached hydrogen (secondary N) is 2. The Morgan fingerprint density at radius 2 is 1.72 bits per heavy atom. The van der Waals surface area contributed by atoms with E-state index in [-0.39, 0.29) is 11.8 Å². The molecule has 0 atom stereocenters. The normalized spacial score (nSPS) is 13.6. The SMILES string of the molecule is Cc1ccc(CNC(=O)/C=C/c2ccc(C(=O)NC3CC3)cc2)cc1. The molecule has 0 aliphatic heterocycles. The summed E-state index contributed by atoms with van der Waals surface area (Å²) < 4.78 is 0. The summed E-state index contributed by atoms with van der Waals surface area (Å²) in [5.74, 6) is -0.176. The van der Waals surface area contributed by atoms with Gasteiger partial charge in [-0.15, -0.1) is 0 Å². The number of benzene rings is 2. The summed E-state index contributed by atoms with van der Waals surface area (Å²) in [6, 6.07) is 15.6. The molecule has 0 heterocycles. The Bertz CT molecular complexity index is 773. The first-order valence-electron chi connectivity index (χ1n) is 8.52. The fourth-order valence-electron chi connectivity index (χ4n) is 2.37. The quantitative estimate of drug-likeness (QED) is 0.797. The zero-order valence-corrected chi connectivity index (χ0v) is 14.3. The first-order valence-corrected chi connectivity index (χ1v) is 8.52. The van der Waals surface area contributed by atoms with Crippen LogP contribution in [0.15, 0.2) is 54.6 Å². The van der Waals surface area contributed by atoms with E-state index >= 15 is 0 Å². The molecule has 0 radical (unpaired) electrons. The number of carbonyl (C=O) groups is 2. The van der Waals surface area contributed by atoms with E-state index in [1.165, 1.54) is 11.6 Å². The minimum absolute atomic E-state index is 0.0335. The minimum atomic E-state index is -0.142. The van der Waals surface area contributed by atoms with Gasteiger partial charge in [0.15, 0.2) is 0 Å². The Morgan fingerprint density at radius 1 is 1.04 bits per heavy atom. The molecule has 1 fully saturated rings. The first-order chi connectivity index (χ1) is 12.1. The monoisotopic (exact) mass is 334 g/mol. The van der Waals surface area contributed by atoms with Crippen molar-refractivity contribution >= 4 is 17.9 Å². The highest BCUT2D eigenvalue weighted by atomic mass is 16.2. The predicted molar refractivity (Wildman–Crippen MR) is 99.0 cm³/mol. The van der Waals surface area contributed by atoms with Gasteiger partial charge in [-0.25, -0.2) is 0 Å². The average molecular weight is 334 g/mol. The van der Waals surface area contributed by atoms with Crippen LogP contribution < -0.4 is 10.6 Å². The van der Waals surface area contributed by atoms with Crippen molar-refractivity contribution in [2.45, 2.75) is 32.4 Å². The third-order valence-electron chi connectivity index (χ3n) is 4.10. The summed E-state index contributed by atoms with van der Waals surface area (Å²) in [5.41, 5.74) is 3.80. The lowest BCUT2D eigenvalue weighted by atomic mass is 10.1. The Balaban J connectivity index is 1.49. The second-order valence-electron chi connectivity index (χ2n) is 6.41. The van der Waals surface area contributed by atoms with E-state index in [1.54, 1.807) is 18.2 Å². The molecule has 2 aromatic carbocycles. The van der Waals surface area contributed by atoms with Gasteiger partial charge in [-0.1, -0.05) is 42.0 Å². The van der Waals surface area contributed by atoms with Gasteiger partial charge in [0, 0.05) is 24.2 Å². The molecule has 2 aromatic rings. The molecule has 1 saturated carbocycles. The Hall–Kier alpha value is -2.88. The second kappa shape index (κ2) is 7.79. The lowest BCUT2D eigenvalue weighted by molar-refractivity contribution is -0.116. The van der Waals surface area contributed by atoms with Crippen molar-refractivity contribution in [2.75, 3.05) is 0 Å². The lowest BCUT2D eigenvalue weighted by Crippen LogP contribution is -2.25. The summed E-state index contributed by atoms with van der Waals surface area (Å²) in [4.78, 5) is 23.8. The van der Waals surface area contributed by atoms with Gasteiger partial charge in [-0.3, -0.25) is 9.59 Å². The van der Waals surface area contributed by atoms with Crippen molar-refractivity contribution in [3.05, 3.63) is 76.9 Å². The molecule has 0 spiro atoms. The van der Waals surface area contributed by atoms with Crippen LogP contribution in [0.5, 0.6) is 0 Å². The van der Waals surface area contributed by atoms with E-state index in [0.29, 0.717) is 18.2 Å². The molecule has 0 bridgehead atoms. The van der Waals surface area contributed by atoms with Gasteiger partial charge < -0.3 is 10.6 Å². The van der Waals surface area contributed by atoms with E-state index in [2.05, 4.69) is 10.6 Å². The summed E-state index contributed by atoms with van der Waals surface area (Å²) in [6.45, 7) is 2.54. The first kappa shape index (κ1) is 17.0. The highest BCUT2D eigenvalue weighted by molar-refractivity contribution is 5.95. The van der Waals surface area contributed by atoms with Crippen LogP contribution in [0.2, 0.25) is 0 Å². The molecule has 1 aliphatic rings. The number of carbonyl (C=O) groups excluding carboxylic acids is 2. The van der Waals surface area contributed by atoms with Gasteiger partial charge in [0.25, 0.3) is 5.91 Å². The van der Waals surface area contributed by atoms with Crippen LogP contribution in [0, 0.1) is 6.92 Å². The molecule has 0 aromatic heterocycles.